The highest BCUT2D eigenvalue weighted by molar-refractivity contribution is 7.18. The monoisotopic (exact) mass is 349 g/mol. The van der Waals surface area contributed by atoms with Gasteiger partial charge in [0.25, 0.3) is 5.91 Å². The van der Waals surface area contributed by atoms with Gasteiger partial charge in [-0.05, 0) is 19.4 Å². The lowest BCUT2D eigenvalue weighted by Gasteiger charge is -2.07. The van der Waals surface area contributed by atoms with Crippen LogP contribution in [0.5, 0.6) is 0 Å². The fourth-order valence-electron chi connectivity index (χ4n) is 1.90. The Morgan fingerprint density at radius 3 is 2.62 bits per heavy atom. The first-order valence-electron chi connectivity index (χ1n) is 6.88. The lowest BCUT2D eigenvalue weighted by Crippen LogP contribution is -2.21. The number of rotatable bonds is 5. The molecule has 0 aliphatic rings. The summed E-state index contributed by atoms with van der Waals surface area (Å²) in [5, 5.41) is 5.14. The molecule has 10 heteroatoms. The van der Waals surface area contributed by atoms with E-state index in [0.29, 0.717) is 5.56 Å². The van der Waals surface area contributed by atoms with Crippen LogP contribution in [-0.4, -0.2) is 34.5 Å². The van der Waals surface area contributed by atoms with Crippen LogP contribution in [0, 0.1) is 6.92 Å². The Morgan fingerprint density at radius 1 is 1.29 bits per heavy atom. The maximum Gasteiger partial charge on any atom is 0.341 e. The number of anilines is 2. The minimum atomic E-state index is -0.689. The van der Waals surface area contributed by atoms with E-state index in [9.17, 15) is 14.4 Å². The third-order valence-corrected chi connectivity index (χ3v) is 4.10. The number of nitrogens with zero attached hydrogens (tertiary/aromatic N) is 2. The van der Waals surface area contributed by atoms with Crippen LogP contribution < -0.4 is 16.4 Å². The van der Waals surface area contributed by atoms with Gasteiger partial charge in [-0.1, -0.05) is 0 Å². The number of hydrogen-bond donors (Lipinski definition) is 3. The van der Waals surface area contributed by atoms with Gasteiger partial charge in [0.2, 0.25) is 0 Å². The molecular formula is C14H15N5O4S. The molecule has 0 aliphatic heterocycles. The minimum Gasteiger partial charge on any atom is -0.462 e. The van der Waals surface area contributed by atoms with Crippen LogP contribution in [0.2, 0.25) is 0 Å². The molecule has 0 aromatic carbocycles. The van der Waals surface area contributed by atoms with Crippen molar-refractivity contribution in [2.75, 3.05) is 17.2 Å². The maximum atomic E-state index is 12.1. The Morgan fingerprint density at radius 2 is 2.04 bits per heavy atom. The molecule has 0 fully saturated rings. The molecule has 2 rings (SSSR count). The zero-order chi connectivity index (χ0) is 17.7. The van der Waals surface area contributed by atoms with Gasteiger partial charge in [0.15, 0.2) is 5.82 Å². The summed E-state index contributed by atoms with van der Waals surface area (Å²) in [6.45, 7) is 3.38. The molecule has 2 aromatic rings. The van der Waals surface area contributed by atoms with Gasteiger partial charge in [0.1, 0.15) is 5.00 Å². The van der Waals surface area contributed by atoms with Crippen molar-refractivity contribution in [3.8, 4) is 0 Å². The number of aromatic nitrogens is 2. The van der Waals surface area contributed by atoms with Crippen molar-refractivity contribution in [3.63, 3.8) is 0 Å². The van der Waals surface area contributed by atoms with E-state index < -0.39 is 17.9 Å². The van der Waals surface area contributed by atoms with Crippen LogP contribution in [0.4, 0.5) is 15.6 Å². The summed E-state index contributed by atoms with van der Waals surface area (Å²) in [5.41, 5.74) is 5.76. The highest BCUT2D eigenvalue weighted by atomic mass is 32.1. The van der Waals surface area contributed by atoms with Gasteiger partial charge in [-0.25, -0.2) is 14.6 Å². The summed E-state index contributed by atoms with van der Waals surface area (Å²) < 4.78 is 4.96. The van der Waals surface area contributed by atoms with E-state index in [1.165, 1.54) is 18.6 Å². The number of nitrogens with one attached hydrogen (secondary N) is 2. The van der Waals surface area contributed by atoms with Gasteiger partial charge in [-0.2, -0.15) is 0 Å². The van der Waals surface area contributed by atoms with Crippen molar-refractivity contribution in [2.24, 2.45) is 5.73 Å². The van der Waals surface area contributed by atoms with E-state index in [4.69, 9.17) is 10.5 Å². The molecule has 24 heavy (non-hydrogen) atoms. The predicted molar refractivity (Wildman–Crippen MR) is 88.2 cm³/mol. The Labute approximate surface area is 141 Å². The Kier molecular flexibility index (Phi) is 5.42. The average Bonchev–Trinajstić information content (AvgIpc) is 2.85. The van der Waals surface area contributed by atoms with Gasteiger partial charge in [-0.3, -0.25) is 20.4 Å². The van der Waals surface area contributed by atoms with Crippen LogP contribution in [0.1, 0.15) is 32.5 Å². The lowest BCUT2D eigenvalue weighted by molar-refractivity contribution is 0.0527. The lowest BCUT2D eigenvalue weighted by atomic mass is 10.1. The first kappa shape index (κ1) is 17.3. The molecule has 0 aliphatic carbocycles. The predicted octanol–water partition coefficient (Wildman–Crippen LogP) is 1.77. The highest BCUT2D eigenvalue weighted by Crippen LogP contribution is 2.33. The smallest absolute Gasteiger partial charge is 0.341 e. The number of urea groups is 1. The fourth-order valence-corrected chi connectivity index (χ4v) is 2.94. The molecule has 126 valence electrons. The van der Waals surface area contributed by atoms with E-state index in [1.807, 2.05) is 0 Å². The third-order valence-electron chi connectivity index (χ3n) is 2.88. The van der Waals surface area contributed by atoms with E-state index in [-0.39, 0.29) is 27.9 Å². The van der Waals surface area contributed by atoms with Crippen molar-refractivity contribution < 1.29 is 19.1 Å². The number of nitrogens with two attached hydrogens (primary N) is 1. The summed E-state index contributed by atoms with van der Waals surface area (Å²) in [7, 11) is 0. The molecule has 0 saturated carbocycles. The van der Waals surface area contributed by atoms with Gasteiger partial charge < -0.3 is 10.5 Å². The summed E-state index contributed by atoms with van der Waals surface area (Å²) in [6.07, 6.45) is 4.24. The van der Waals surface area contributed by atoms with Crippen molar-refractivity contribution in [3.05, 3.63) is 34.6 Å². The van der Waals surface area contributed by atoms with Crippen LogP contribution in [0.3, 0.4) is 0 Å². The van der Waals surface area contributed by atoms with E-state index in [0.717, 1.165) is 11.3 Å². The number of primary amides is 1. The van der Waals surface area contributed by atoms with E-state index >= 15 is 0 Å². The van der Waals surface area contributed by atoms with E-state index in [1.54, 1.807) is 13.8 Å². The van der Waals surface area contributed by atoms with Gasteiger partial charge >= 0.3 is 12.0 Å². The van der Waals surface area contributed by atoms with Gasteiger partial charge in [0.05, 0.1) is 23.2 Å². The van der Waals surface area contributed by atoms with Gasteiger partial charge in [-0.15, -0.1) is 11.3 Å². The summed E-state index contributed by atoms with van der Waals surface area (Å²) >= 11 is 0.904. The minimum absolute atomic E-state index is 0.102. The summed E-state index contributed by atoms with van der Waals surface area (Å²) in [4.78, 5) is 43.5. The molecule has 3 amide bonds. The quantitative estimate of drug-likeness (QED) is 0.704. The highest BCUT2D eigenvalue weighted by Gasteiger charge is 2.25. The van der Waals surface area contributed by atoms with E-state index in [2.05, 4.69) is 20.6 Å². The fraction of sp³-hybridized carbons (Fsp3) is 0.214. The second-order valence-corrected chi connectivity index (χ2v) is 5.54. The number of esters is 1. The summed E-state index contributed by atoms with van der Waals surface area (Å²) in [5.74, 6) is -1.10. The normalized spacial score (nSPS) is 10.1. The number of carbonyl (C=O) groups is 3. The molecule has 0 atom stereocenters. The molecular weight excluding hydrogens is 334 g/mol. The van der Waals surface area contributed by atoms with Crippen LogP contribution in [0.25, 0.3) is 0 Å². The van der Waals surface area contributed by atoms with Crippen LogP contribution in [-0.2, 0) is 4.74 Å². The number of thiophene rings is 1. The zero-order valence-corrected chi connectivity index (χ0v) is 13.8. The number of amides is 3. The zero-order valence-electron chi connectivity index (χ0n) is 13.0. The second-order valence-electron chi connectivity index (χ2n) is 4.51. The molecule has 0 bridgehead atoms. The number of hydrogen-bond acceptors (Lipinski definition) is 7. The largest absolute Gasteiger partial charge is 0.462 e. The maximum absolute atomic E-state index is 12.1. The molecule has 9 nitrogen and oxygen atoms in total. The standard InChI is InChI=1S/C14H15N5O4S/c1-3-23-13(21)9-7(2)10(11(15)20)24-12(9)19-14(22)18-8-6-16-4-5-17-8/h4-6H,3H2,1-2H3,(H2,15,20)(H2,17,18,19,22). The molecule has 0 unspecified atom stereocenters. The Hall–Kier alpha value is -3.01. The van der Waals surface area contributed by atoms with Crippen LogP contribution in [0.15, 0.2) is 18.6 Å². The SMILES string of the molecule is CCOC(=O)c1c(NC(=O)Nc2cnccn2)sc(C(N)=O)c1C. The molecule has 2 aromatic heterocycles. The molecule has 2 heterocycles. The van der Waals surface area contributed by atoms with Crippen molar-refractivity contribution >= 4 is 40.1 Å². The Balaban J connectivity index is 2.28. The van der Waals surface area contributed by atoms with Crippen molar-refractivity contribution in [2.45, 2.75) is 13.8 Å². The topological polar surface area (TPSA) is 136 Å². The average molecular weight is 349 g/mol. The third kappa shape index (κ3) is 3.84. The molecule has 0 saturated heterocycles. The molecule has 0 radical (unpaired) electrons. The molecule has 4 N–H and O–H groups in total. The van der Waals surface area contributed by atoms with Crippen LogP contribution >= 0.6 is 11.3 Å². The van der Waals surface area contributed by atoms with Gasteiger partial charge in [0, 0.05) is 12.4 Å². The van der Waals surface area contributed by atoms with Crippen molar-refractivity contribution in [1.82, 2.24) is 9.97 Å². The Bertz CT molecular complexity index is 775. The number of ether oxygens (including phenoxy) is 1. The number of carbonyl (C=O) groups excluding carboxylic acids is 3. The second kappa shape index (κ2) is 7.51. The summed E-state index contributed by atoms with van der Waals surface area (Å²) in [6, 6.07) is -0.640. The molecule has 0 spiro atoms. The first-order valence-corrected chi connectivity index (χ1v) is 7.70. The first-order chi connectivity index (χ1) is 11.4. The van der Waals surface area contributed by atoms with Crippen molar-refractivity contribution in [1.29, 1.82) is 0 Å².